The predicted molar refractivity (Wildman–Crippen MR) is 99.5 cm³/mol. The molecule has 3 rings (SSSR count). The van der Waals surface area contributed by atoms with Crippen LogP contribution in [0.4, 0.5) is 4.79 Å². The fraction of sp³-hybridized carbons (Fsp3) is 0.300. The van der Waals surface area contributed by atoms with Crippen LogP contribution in [0.5, 0.6) is 11.5 Å². The highest BCUT2D eigenvalue weighted by Crippen LogP contribution is 2.25. The molecule has 1 atom stereocenters. The van der Waals surface area contributed by atoms with Crippen LogP contribution in [-0.4, -0.2) is 39.9 Å². The summed E-state index contributed by atoms with van der Waals surface area (Å²) in [7, 11) is 0. The lowest BCUT2D eigenvalue weighted by Crippen LogP contribution is -2.43. The van der Waals surface area contributed by atoms with Gasteiger partial charge in [-0.15, -0.1) is 0 Å². The number of rotatable bonds is 7. The van der Waals surface area contributed by atoms with Crippen molar-refractivity contribution in [2.75, 3.05) is 6.54 Å². The molecule has 8 heteroatoms. The number of ether oxygens (including phenoxy) is 2. The van der Waals surface area contributed by atoms with E-state index >= 15 is 0 Å². The summed E-state index contributed by atoms with van der Waals surface area (Å²) >= 11 is 0. The van der Waals surface area contributed by atoms with E-state index in [0.717, 1.165) is 4.90 Å². The van der Waals surface area contributed by atoms with Gasteiger partial charge in [0.1, 0.15) is 30.2 Å². The second-order valence-electron chi connectivity index (χ2n) is 6.57. The minimum atomic E-state index is -0.985. The number of nitrogens with zero attached hydrogens (tertiary/aromatic N) is 2. The Balaban J connectivity index is 1.61. The number of amides is 3. The number of carbonyl (C=O) groups is 3. The molecular weight excluding hydrogens is 362 g/mol. The Hall–Kier alpha value is -3.42. The summed E-state index contributed by atoms with van der Waals surface area (Å²) in [5.41, 5.74) is -0.336. The molecule has 2 heterocycles. The Kier molecular flexibility index (Phi) is 5.58. The van der Waals surface area contributed by atoms with Gasteiger partial charge in [0.2, 0.25) is 0 Å². The third-order valence-corrected chi connectivity index (χ3v) is 4.56. The number of esters is 1. The van der Waals surface area contributed by atoms with E-state index in [-0.39, 0.29) is 6.61 Å². The number of pyridine rings is 1. The molecule has 3 amide bonds. The SMILES string of the molecule is CCC1(C)NC(=O)N(CC(=O)OCc2ccccc2Oc2cccnc2)C1=O. The summed E-state index contributed by atoms with van der Waals surface area (Å²) in [6, 6.07) is 10.0. The molecule has 146 valence electrons. The van der Waals surface area contributed by atoms with Gasteiger partial charge in [-0.3, -0.25) is 19.5 Å². The van der Waals surface area contributed by atoms with Crippen molar-refractivity contribution in [3.05, 3.63) is 54.4 Å². The van der Waals surface area contributed by atoms with Gasteiger partial charge in [0, 0.05) is 11.8 Å². The number of urea groups is 1. The number of hydrogen-bond donors (Lipinski definition) is 1. The number of hydrogen-bond acceptors (Lipinski definition) is 6. The van der Waals surface area contributed by atoms with Crippen LogP contribution in [0.15, 0.2) is 48.8 Å². The summed E-state index contributed by atoms with van der Waals surface area (Å²) in [6.07, 6.45) is 3.65. The molecule has 28 heavy (non-hydrogen) atoms. The zero-order chi connectivity index (χ0) is 20.1. The molecule has 1 aliphatic rings. The fourth-order valence-corrected chi connectivity index (χ4v) is 2.72. The maximum atomic E-state index is 12.3. The van der Waals surface area contributed by atoms with Crippen LogP contribution in [0.2, 0.25) is 0 Å². The number of nitrogens with one attached hydrogen (secondary N) is 1. The molecule has 1 aliphatic heterocycles. The van der Waals surface area contributed by atoms with E-state index in [4.69, 9.17) is 9.47 Å². The Morgan fingerprint density at radius 3 is 2.68 bits per heavy atom. The molecule has 0 bridgehead atoms. The van der Waals surface area contributed by atoms with Crippen molar-refractivity contribution in [3.8, 4) is 11.5 Å². The van der Waals surface area contributed by atoms with Crippen LogP contribution in [0.3, 0.4) is 0 Å². The topological polar surface area (TPSA) is 97.8 Å². The van der Waals surface area contributed by atoms with Gasteiger partial charge in [-0.1, -0.05) is 25.1 Å². The minimum Gasteiger partial charge on any atom is -0.459 e. The van der Waals surface area contributed by atoms with Crippen molar-refractivity contribution in [2.45, 2.75) is 32.4 Å². The molecule has 0 radical (unpaired) electrons. The third kappa shape index (κ3) is 4.11. The second-order valence-corrected chi connectivity index (χ2v) is 6.57. The number of imide groups is 1. The summed E-state index contributed by atoms with van der Waals surface area (Å²) in [4.78, 5) is 41.4. The maximum Gasteiger partial charge on any atom is 0.326 e. The van der Waals surface area contributed by atoms with Gasteiger partial charge >= 0.3 is 12.0 Å². The number of aromatic nitrogens is 1. The molecule has 8 nitrogen and oxygen atoms in total. The molecule has 1 fully saturated rings. The van der Waals surface area contributed by atoms with Gasteiger partial charge in [0.05, 0.1) is 6.20 Å². The summed E-state index contributed by atoms with van der Waals surface area (Å²) < 4.78 is 11.0. The summed E-state index contributed by atoms with van der Waals surface area (Å²) in [5, 5.41) is 2.60. The molecule has 0 spiro atoms. The van der Waals surface area contributed by atoms with Gasteiger partial charge in [-0.2, -0.15) is 0 Å². The first-order valence-electron chi connectivity index (χ1n) is 8.88. The Morgan fingerprint density at radius 2 is 2.00 bits per heavy atom. The third-order valence-electron chi connectivity index (χ3n) is 4.56. The lowest BCUT2D eigenvalue weighted by molar-refractivity contribution is -0.148. The van der Waals surface area contributed by atoms with E-state index in [9.17, 15) is 14.4 Å². The lowest BCUT2D eigenvalue weighted by Gasteiger charge is -2.19. The van der Waals surface area contributed by atoms with E-state index < -0.39 is 30.0 Å². The van der Waals surface area contributed by atoms with Gasteiger partial charge in [0.25, 0.3) is 5.91 Å². The quantitative estimate of drug-likeness (QED) is 0.583. The van der Waals surface area contributed by atoms with Crippen molar-refractivity contribution in [1.29, 1.82) is 0 Å². The first-order valence-corrected chi connectivity index (χ1v) is 8.88. The van der Waals surface area contributed by atoms with Crippen molar-refractivity contribution in [1.82, 2.24) is 15.2 Å². The minimum absolute atomic E-state index is 0.0516. The average molecular weight is 383 g/mol. The van der Waals surface area contributed by atoms with Crippen molar-refractivity contribution in [3.63, 3.8) is 0 Å². The molecule has 1 aromatic carbocycles. The number of para-hydroxylation sites is 1. The normalized spacial score (nSPS) is 18.7. The van der Waals surface area contributed by atoms with Crippen LogP contribution in [0.25, 0.3) is 0 Å². The molecular formula is C20H21N3O5. The zero-order valence-corrected chi connectivity index (χ0v) is 15.7. The highest BCUT2D eigenvalue weighted by atomic mass is 16.5. The van der Waals surface area contributed by atoms with E-state index in [0.29, 0.717) is 23.5 Å². The van der Waals surface area contributed by atoms with Crippen molar-refractivity contribution >= 4 is 17.9 Å². The lowest BCUT2D eigenvalue weighted by atomic mass is 9.99. The largest absolute Gasteiger partial charge is 0.459 e. The van der Waals surface area contributed by atoms with E-state index in [2.05, 4.69) is 10.3 Å². The van der Waals surface area contributed by atoms with Gasteiger partial charge in [-0.25, -0.2) is 4.79 Å². The molecule has 0 saturated carbocycles. The molecule has 1 unspecified atom stereocenters. The number of benzene rings is 1. The predicted octanol–water partition coefficient (Wildman–Crippen LogP) is 2.64. The van der Waals surface area contributed by atoms with Crippen LogP contribution in [0, 0.1) is 0 Å². The monoisotopic (exact) mass is 383 g/mol. The van der Waals surface area contributed by atoms with Crippen LogP contribution < -0.4 is 10.1 Å². The Labute approximate surface area is 162 Å². The van der Waals surface area contributed by atoms with E-state index in [1.165, 1.54) is 0 Å². The average Bonchev–Trinajstić information content (AvgIpc) is 2.92. The Bertz CT molecular complexity index is 886. The molecule has 2 aromatic rings. The summed E-state index contributed by atoms with van der Waals surface area (Å²) in [5.74, 6) is -0.0337. The standard InChI is InChI=1S/C20H21N3O5/c1-3-20(2)18(25)23(19(26)22-20)12-17(24)27-13-14-7-4-5-9-16(14)28-15-8-6-10-21-11-15/h4-11H,3,12-13H2,1-2H3,(H,22,26). The fourth-order valence-electron chi connectivity index (χ4n) is 2.72. The van der Waals surface area contributed by atoms with Gasteiger partial charge in [-0.05, 0) is 31.5 Å². The van der Waals surface area contributed by atoms with Crippen molar-refractivity contribution in [2.24, 2.45) is 0 Å². The van der Waals surface area contributed by atoms with Gasteiger partial charge < -0.3 is 14.8 Å². The zero-order valence-electron chi connectivity index (χ0n) is 15.7. The highest BCUT2D eigenvalue weighted by molar-refractivity contribution is 6.08. The molecule has 1 saturated heterocycles. The summed E-state index contributed by atoms with van der Waals surface area (Å²) in [6.45, 7) is 2.93. The second kappa shape index (κ2) is 8.08. The van der Waals surface area contributed by atoms with Crippen LogP contribution >= 0.6 is 0 Å². The van der Waals surface area contributed by atoms with E-state index in [1.807, 2.05) is 0 Å². The van der Waals surface area contributed by atoms with Crippen molar-refractivity contribution < 1.29 is 23.9 Å². The maximum absolute atomic E-state index is 12.3. The number of carbonyl (C=O) groups excluding carboxylic acids is 3. The van der Waals surface area contributed by atoms with Gasteiger partial charge in [0.15, 0.2) is 0 Å². The first kappa shape index (κ1) is 19.3. The highest BCUT2D eigenvalue weighted by Gasteiger charge is 2.47. The van der Waals surface area contributed by atoms with E-state index in [1.54, 1.807) is 62.6 Å². The molecule has 0 aliphatic carbocycles. The smallest absolute Gasteiger partial charge is 0.326 e. The van der Waals surface area contributed by atoms with Crippen LogP contribution in [0.1, 0.15) is 25.8 Å². The van der Waals surface area contributed by atoms with Crippen LogP contribution in [-0.2, 0) is 20.9 Å². The molecule has 1 aromatic heterocycles. The molecule has 1 N–H and O–H groups in total. The first-order chi connectivity index (χ1) is 13.4. The Morgan fingerprint density at radius 1 is 1.21 bits per heavy atom.